The van der Waals surface area contributed by atoms with Crippen LogP contribution in [0.4, 0.5) is 0 Å². The third-order valence-corrected chi connectivity index (χ3v) is 6.59. The fraction of sp³-hybridized carbons (Fsp3) is 1.00. The molecule has 0 aromatic rings. The lowest BCUT2D eigenvalue weighted by molar-refractivity contribution is 0.0914. The minimum Gasteiger partial charge on any atom is -0.312 e. The summed E-state index contributed by atoms with van der Waals surface area (Å²) in [6.45, 7) is 18.1. The van der Waals surface area contributed by atoms with Crippen molar-refractivity contribution in [2.45, 2.75) is 73.8 Å². The molecule has 0 heterocycles. The first-order valence-electron chi connectivity index (χ1n) is 7.83. The molecule has 2 bridgehead atoms. The highest BCUT2D eigenvalue weighted by Crippen LogP contribution is 2.62. The Labute approximate surface area is 114 Å². The van der Waals surface area contributed by atoms with E-state index in [2.05, 4.69) is 53.8 Å². The van der Waals surface area contributed by atoms with E-state index < -0.39 is 0 Å². The van der Waals surface area contributed by atoms with Crippen molar-refractivity contribution in [3.05, 3.63) is 0 Å². The van der Waals surface area contributed by atoms with Crippen molar-refractivity contribution in [2.75, 3.05) is 6.54 Å². The van der Waals surface area contributed by atoms with E-state index in [0.29, 0.717) is 22.3 Å². The van der Waals surface area contributed by atoms with Gasteiger partial charge in [-0.05, 0) is 47.3 Å². The molecule has 2 saturated carbocycles. The average molecular weight is 251 g/mol. The molecule has 0 spiro atoms. The average Bonchev–Trinajstić information content (AvgIpc) is 2.68. The van der Waals surface area contributed by atoms with Gasteiger partial charge >= 0.3 is 0 Å². The lowest BCUT2D eigenvalue weighted by Crippen LogP contribution is -2.53. The van der Waals surface area contributed by atoms with Gasteiger partial charge in [-0.15, -0.1) is 0 Å². The topological polar surface area (TPSA) is 12.0 Å². The number of fused-ring (bicyclic) bond motifs is 2. The SMILES string of the molecule is CC(C)C(C)(C)CNC1C(C)(C)[C@H]2CC[C@]1(C)C2. The molecule has 106 valence electrons. The number of nitrogens with one attached hydrogen (secondary N) is 1. The van der Waals surface area contributed by atoms with E-state index in [1.165, 1.54) is 19.3 Å². The van der Waals surface area contributed by atoms with Crippen molar-refractivity contribution in [1.29, 1.82) is 0 Å². The molecule has 0 radical (unpaired) electrons. The molecular weight excluding hydrogens is 218 g/mol. The standard InChI is InChI=1S/C17H33N/c1-12(2)15(3,4)11-18-14-16(5,6)13-8-9-17(14,7)10-13/h12-14,18H,8-11H2,1-7H3/t13-,14?,17+/m0/s1. The van der Waals surface area contributed by atoms with Gasteiger partial charge in [0.25, 0.3) is 0 Å². The molecule has 0 aliphatic heterocycles. The van der Waals surface area contributed by atoms with Crippen molar-refractivity contribution in [3.8, 4) is 0 Å². The molecular formula is C17H33N. The largest absolute Gasteiger partial charge is 0.312 e. The third kappa shape index (κ3) is 2.13. The molecule has 18 heavy (non-hydrogen) atoms. The molecule has 2 rings (SSSR count). The van der Waals surface area contributed by atoms with E-state index in [4.69, 9.17) is 0 Å². The second-order valence-electron chi connectivity index (χ2n) is 8.87. The van der Waals surface area contributed by atoms with E-state index >= 15 is 0 Å². The smallest absolute Gasteiger partial charge is 0.0175 e. The summed E-state index contributed by atoms with van der Waals surface area (Å²) in [6, 6.07) is 0.710. The summed E-state index contributed by atoms with van der Waals surface area (Å²) in [5, 5.41) is 3.97. The van der Waals surface area contributed by atoms with Crippen molar-refractivity contribution < 1.29 is 0 Å². The summed E-state index contributed by atoms with van der Waals surface area (Å²) in [5.74, 6) is 1.68. The molecule has 3 atom stereocenters. The number of hydrogen-bond acceptors (Lipinski definition) is 1. The third-order valence-electron chi connectivity index (χ3n) is 6.59. The summed E-state index contributed by atoms with van der Waals surface area (Å²) < 4.78 is 0. The highest BCUT2D eigenvalue weighted by Gasteiger charge is 2.59. The van der Waals surface area contributed by atoms with Crippen molar-refractivity contribution in [1.82, 2.24) is 5.32 Å². The van der Waals surface area contributed by atoms with Crippen LogP contribution < -0.4 is 5.32 Å². The highest BCUT2D eigenvalue weighted by atomic mass is 15.0. The quantitative estimate of drug-likeness (QED) is 0.777. The minimum atomic E-state index is 0.397. The van der Waals surface area contributed by atoms with Gasteiger partial charge in [0.2, 0.25) is 0 Å². The Kier molecular flexibility index (Phi) is 3.38. The number of hydrogen-bond donors (Lipinski definition) is 1. The van der Waals surface area contributed by atoms with Gasteiger partial charge in [-0.3, -0.25) is 0 Å². The maximum atomic E-state index is 3.97. The fourth-order valence-electron chi connectivity index (χ4n) is 4.38. The molecule has 1 unspecified atom stereocenters. The maximum Gasteiger partial charge on any atom is 0.0175 e. The van der Waals surface area contributed by atoms with Crippen LogP contribution in [0.2, 0.25) is 0 Å². The van der Waals surface area contributed by atoms with Crippen LogP contribution >= 0.6 is 0 Å². The second-order valence-corrected chi connectivity index (χ2v) is 8.87. The summed E-state index contributed by atoms with van der Waals surface area (Å²) in [5.41, 5.74) is 1.44. The summed E-state index contributed by atoms with van der Waals surface area (Å²) in [7, 11) is 0. The fourth-order valence-corrected chi connectivity index (χ4v) is 4.38. The number of rotatable bonds is 4. The van der Waals surface area contributed by atoms with E-state index in [0.717, 1.165) is 18.4 Å². The van der Waals surface area contributed by atoms with Crippen LogP contribution in [0.25, 0.3) is 0 Å². The Morgan fingerprint density at radius 2 is 1.83 bits per heavy atom. The summed E-state index contributed by atoms with van der Waals surface area (Å²) in [6.07, 6.45) is 4.33. The van der Waals surface area contributed by atoms with Crippen LogP contribution in [0.3, 0.4) is 0 Å². The molecule has 2 aliphatic rings. The summed E-state index contributed by atoms with van der Waals surface area (Å²) >= 11 is 0. The molecule has 0 aromatic heterocycles. The van der Waals surface area contributed by atoms with Crippen LogP contribution in [0.15, 0.2) is 0 Å². The van der Waals surface area contributed by atoms with Gasteiger partial charge < -0.3 is 5.32 Å². The van der Waals surface area contributed by atoms with Crippen molar-refractivity contribution >= 4 is 0 Å². The Morgan fingerprint density at radius 1 is 1.22 bits per heavy atom. The molecule has 2 fully saturated rings. The second kappa shape index (κ2) is 4.23. The van der Waals surface area contributed by atoms with Gasteiger partial charge in [-0.1, -0.05) is 48.5 Å². The lowest BCUT2D eigenvalue weighted by atomic mass is 9.68. The molecule has 0 aromatic carbocycles. The highest BCUT2D eigenvalue weighted by molar-refractivity contribution is 5.12. The van der Waals surface area contributed by atoms with Gasteiger partial charge in [0, 0.05) is 12.6 Å². The van der Waals surface area contributed by atoms with Crippen LogP contribution in [0.5, 0.6) is 0 Å². The van der Waals surface area contributed by atoms with Crippen LogP contribution in [-0.4, -0.2) is 12.6 Å². The van der Waals surface area contributed by atoms with E-state index in [1.807, 2.05) is 0 Å². The molecule has 1 N–H and O–H groups in total. The van der Waals surface area contributed by atoms with Gasteiger partial charge in [0.05, 0.1) is 0 Å². The van der Waals surface area contributed by atoms with Crippen LogP contribution in [0.1, 0.15) is 67.7 Å². The molecule has 2 aliphatic carbocycles. The van der Waals surface area contributed by atoms with Crippen molar-refractivity contribution in [3.63, 3.8) is 0 Å². The molecule has 1 nitrogen and oxygen atoms in total. The zero-order valence-corrected chi connectivity index (χ0v) is 13.6. The Morgan fingerprint density at radius 3 is 2.28 bits per heavy atom. The maximum absolute atomic E-state index is 3.97. The van der Waals surface area contributed by atoms with Crippen molar-refractivity contribution in [2.24, 2.45) is 28.1 Å². The predicted octanol–water partition coefficient (Wildman–Crippen LogP) is 4.47. The van der Waals surface area contributed by atoms with Gasteiger partial charge in [-0.25, -0.2) is 0 Å². The Balaban J connectivity index is 2.06. The van der Waals surface area contributed by atoms with E-state index in [-0.39, 0.29) is 0 Å². The predicted molar refractivity (Wildman–Crippen MR) is 79.6 cm³/mol. The normalized spacial score (nSPS) is 38.7. The van der Waals surface area contributed by atoms with E-state index in [9.17, 15) is 0 Å². The molecule has 0 amide bonds. The monoisotopic (exact) mass is 251 g/mol. The first kappa shape index (κ1) is 14.4. The van der Waals surface area contributed by atoms with Gasteiger partial charge in [0.1, 0.15) is 0 Å². The first-order valence-corrected chi connectivity index (χ1v) is 7.83. The minimum absolute atomic E-state index is 0.397. The first-order chi connectivity index (χ1) is 8.09. The Bertz CT molecular complexity index is 311. The van der Waals surface area contributed by atoms with Crippen LogP contribution in [0, 0.1) is 28.1 Å². The zero-order valence-electron chi connectivity index (χ0n) is 13.6. The Hall–Kier alpha value is -0.0400. The molecule has 1 heteroatoms. The zero-order chi connectivity index (χ0) is 13.8. The van der Waals surface area contributed by atoms with Crippen LogP contribution in [-0.2, 0) is 0 Å². The lowest BCUT2D eigenvalue weighted by Gasteiger charge is -2.45. The summed E-state index contributed by atoms with van der Waals surface area (Å²) in [4.78, 5) is 0. The molecule has 0 saturated heterocycles. The van der Waals surface area contributed by atoms with Gasteiger partial charge in [0.15, 0.2) is 0 Å². The van der Waals surface area contributed by atoms with Gasteiger partial charge in [-0.2, -0.15) is 0 Å². The van der Waals surface area contributed by atoms with E-state index in [1.54, 1.807) is 0 Å².